The van der Waals surface area contributed by atoms with Crippen LogP contribution in [0.3, 0.4) is 0 Å². The Bertz CT molecular complexity index is 1810. The second-order valence-corrected chi connectivity index (χ2v) is 14.1. The summed E-state index contributed by atoms with van der Waals surface area (Å²) in [6.07, 6.45) is -8.90. The molecule has 17 heteroatoms. The zero-order valence-electron chi connectivity index (χ0n) is 26.0. The number of carbonyl (C=O) groups excluding carboxylic acids is 1. The molecular weight excluding hydrogens is 689 g/mol. The fourth-order valence-electron chi connectivity index (χ4n) is 5.21. The summed E-state index contributed by atoms with van der Waals surface area (Å²) >= 11 is 1.07. The molecule has 0 aliphatic carbocycles. The third-order valence-corrected chi connectivity index (χ3v) is 10.0. The molecule has 48 heavy (non-hydrogen) atoms. The van der Waals surface area contributed by atoms with Gasteiger partial charge < -0.3 is 20.3 Å². The predicted octanol–water partition coefficient (Wildman–Crippen LogP) is 6.66. The van der Waals surface area contributed by atoms with E-state index in [1.807, 2.05) is 0 Å². The van der Waals surface area contributed by atoms with Gasteiger partial charge in [-0.2, -0.15) is 26.3 Å². The van der Waals surface area contributed by atoms with E-state index in [1.54, 1.807) is 18.2 Å². The Hall–Kier alpha value is -3.75. The minimum absolute atomic E-state index is 0.0268. The predicted molar refractivity (Wildman–Crippen MR) is 169 cm³/mol. The molecule has 262 valence electrons. The lowest BCUT2D eigenvalue weighted by Gasteiger charge is -2.35. The van der Waals surface area contributed by atoms with E-state index in [2.05, 4.69) is 41.2 Å². The first-order valence-corrected chi connectivity index (χ1v) is 17.0. The number of sulfonamides is 1. The SMILES string of the molecule is CC(=O)NS(=O)(=O)c1cc(OCC(F)(F)F)c(NCC#Cc2sc3c(NC4CCN(C(C)C)CC4)cccc3c2CC(F)(F)F)cc1F. The summed E-state index contributed by atoms with van der Waals surface area (Å²) in [6.45, 7) is 4.62. The zero-order valence-corrected chi connectivity index (χ0v) is 27.7. The van der Waals surface area contributed by atoms with Gasteiger partial charge in [0.05, 0.1) is 33.9 Å². The van der Waals surface area contributed by atoms with Crippen molar-refractivity contribution in [3.63, 3.8) is 0 Å². The second kappa shape index (κ2) is 14.8. The van der Waals surface area contributed by atoms with Crippen molar-refractivity contribution in [1.82, 2.24) is 9.62 Å². The molecule has 0 radical (unpaired) electrons. The summed E-state index contributed by atoms with van der Waals surface area (Å²) in [6, 6.07) is 6.65. The Morgan fingerprint density at radius 3 is 2.38 bits per heavy atom. The Morgan fingerprint density at radius 2 is 1.77 bits per heavy atom. The number of benzene rings is 2. The lowest BCUT2D eigenvalue weighted by atomic mass is 10.0. The first kappa shape index (κ1) is 37.1. The summed E-state index contributed by atoms with van der Waals surface area (Å²) in [5, 5.41) is 6.41. The van der Waals surface area contributed by atoms with Crippen LogP contribution in [-0.4, -0.2) is 69.9 Å². The number of thiophene rings is 1. The lowest BCUT2D eigenvalue weighted by molar-refractivity contribution is -0.153. The molecule has 1 aromatic heterocycles. The van der Waals surface area contributed by atoms with Crippen molar-refractivity contribution < 1.29 is 48.7 Å². The number of halogens is 7. The van der Waals surface area contributed by atoms with E-state index in [0.29, 0.717) is 33.9 Å². The van der Waals surface area contributed by atoms with Gasteiger partial charge in [-0.25, -0.2) is 17.5 Å². The smallest absolute Gasteiger partial charge is 0.422 e. The molecule has 2 aromatic carbocycles. The van der Waals surface area contributed by atoms with Gasteiger partial charge in [0.1, 0.15) is 16.5 Å². The Kier molecular flexibility index (Phi) is 11.4. The molecule has 2 heterocycles. The van der Waals surface area contributed by atoms with E-state index in [4.69, 9.17) is 4.74 Å². The van der Waals surface area contributed by atoms with Gasteiger partial charge in [-0.3, -0.25) is 4.79 Å². The van der Waals surface area contributed by atoms with E-state index in [1.165, 1.54) is 4.72 Å². The van der Waals surface area contributed by atoms with E-state index >= 15 is 0 Å². The highest BCUT2D eigenvalue weighted by atomic mass is 32.2. The van der Waals surface area contributed by atoms with Crippen molar-refractivity contribution >= 4 is 48.7 Å². The normalized spacial score (nSPS) is 14.9. The molecule has 0 atom stereocenters. The van der Waals surface area contributed by atoms with Crippen LogP contribution in [0.15, 0.2) is 35.2 Å². The Labute approximate surface area is 277 Å². The number of nitrogens with zero attached hydrogens (tertiary/aromatic N) is 1. The van der Waals surface area contributed by atoms with Crippen LogP contribution in [0.4, 0.5) is 42.1 Å². The third kappa shape index (κ3) is 9.89. The molecule has 4 rings (SSSR count). The number of ether oxygens (including phenoxy) is 1. The zero-order chi connectivity index (χ0) is 35.4. The van der Waals surface area contributed by atoms with Gasteiger partial charge >= 0.3 is 12.4 Å². The number of piperidine rings is 1. The number of amides is 1. The summed E-state index contributed by atoms with van der Waals surface area (Å²) in [5.41, 5.74) is 0.252. The molecule has 0 saturated carbocycles. The molecule has 1 aliphatic heterocycles. The summed E-state index contributed by atoms with van der Waals surface area (Å²) in [5.74, 6) is 2.14. The van der Waals surface area contributed by atoms with Gasteiger partial charge in [-0.05, 0) is 43.7 Å². The van der Waals surface area contributed by atoms with E-state index in [-0.39, 0.29) is 16.5 Å². The highest BCUT2D eigenvalue weighted by Gasteiger charge is 2.32. The number of fused-ring (bicyclic) bond motifs is 1. The molecular formula is C31H33F7N4O4S2. The van der Waals surface area contributed by atoms with Crippen LogP contribution in [0, 0.1) is 17.7 Å². The lowest BCUT2D eigenvalue weighted by Crippen LogP contribution is -2.42. The molecule has 1 aliphatic rings. The molecule has 8 nitrogen and oxygen atoms in total. The van der Waals surface area contributed by atoms with Gasteiger partial charge in [0.2, 0.25) is 5.91 Å². The molecule has 0 bridgehead atoms. The van der Waals surface area contributed by atoms with Gasteiger partial charge in [0.25, 0.3) is 10.0 Å². The third-order valence-electron chi connectivity index (χ3n) is 7.38. The molecule has 0 unspecified atom stereocenters. The van der Waals surface area contributed by atoms with E-state index in [0.717, 1.165) is 44.2 Å². The summed E-state index contributed by atoms with van der Waals surface area (Å²) in [4.78, 5) is 12.6. The maximum absolute atomic E-state index is 14.8. The largest absolute Gasteiger partial charge is 0.482 e. The maximum Gasteiger partial charge on any atom is 0.422 e. The molecule has 3 N–H and O–H groups in total. The molecule has 1 amide bonds. The first-order chi connectivity index (χ1) is 22.3. The minimum Gasteiger partial charge on any atom is -0.482 e. The minimum atomic E-state index is -4.84. The fourth-order valence-corrected chi connectivity index (χ4v) is 7.44. The standard InChI is InChI=1S/C31H33F7N4O4S2/c1-18(2)42-12-9-20(10-13-42)40-24-7-4-6-21-22(16-30(33,34)35)27(47-29(21)24)8-5-11-39-25-14-23(32)28(48(44,45)41-19(3)43)15-26(25)46-17-31(36,37)38/h4,6-7,14-15,18,20,39-40H,9-13,16-17H2,1-3H3,(H,41,43). The van der Waals surface area contributed by atoms with Gasteiger partial charge in [0, 0.05) is 44.2 Å². The second-order valence-electron chi connectivity index (χ2n) is 11.4. The van der Waals surface area contributed by atoms with Crippen LogP contribution in [0.5, 0.6) is 5.75 Å². The van der Waals surface area contributed by atoms with E-state index in [9.17, 15) is 43.9 Å². The van der Waals surface area contributed by atoms with Crippen molar-refractivity contribution in [1.29, 1.82) is 0 Å². The van der Waals surface area contributed by atoms with Gasteiger partial charge in [0.15, 0.2) is 6.61 Å². The summed E-state index contributed by atoms with van der Waals surface area (Å²) < 4.78 is 126. The first-order valence-electron chi connectivity index (χ1n) is 14.7. The van der Waals surface area contributed by atoms with Crippen LogP contribution in [0.2, 0.25) is 0 Å². The number of likely N-dealkylation sites (tertiary alicyclic amines) is 1. The number of nitrogens with one attached hydrogen (secondary N) is 3. The quantitative estimate of drug-likeness (QED) is 0.159. The van der Waals surface area contributed by atoms with Crippen molar-refractivity contribution in [2.45, 2.75) is 69.4 Å². The monoisotopic (exact) mass is 722 g/mol. The van der Waals surface area contributed by atoms with E-state index < -0.39 is 70.0 Å². The van der Waals surface area contributed by atoms with Crippen molar-refractivity contribution in [3.05, 3.63) is 46.6 Å². The van der Waals surface area contributed by atoms with Crippen LogP contribution in [-0.2, 0) is 21.2 Å². The summed E-state index contributed by atoms with van der Waals surface area (Å²) in [7, 11) is -4.79. The van der Waals surface area contributed by atoms with Crippen molar-refractivity contribution in [2.75, 3.05) is 36.9 Å². The fraction of sp³-hybridized carbons (Fsp3) is 0.452. The highest BCUT2D eigenvalue weighted by Crippen LogP contribution is 2.39. The Morgan fingerprint density at radius 1 is 1.08 bits per heavy atom. The maximum atomic E-state index is 14.8. The van der Waals surface area contributed by atoms with Gasteiger partial charge in [-0.1, -0.05) is 24.0 Å². The van der Waals surface area contributed by atoms with Crippen LogP contribution in [0.1, 0.15) is 44.1 Å². The Balaban J connectivity index is 1.62. The number of alkyl halides is 6. The number of rotatable bonds is 10. The molecule has 0 spiro atoms. The molecule has 3 aromatic rings. The highest BCUT2D eigenvalue weighted by molar-refractivity contribution is 7.90. The van der Waals surface area contributed by atoms with Crippen LogP contribution in [0.25, 0.3) is 10.1 Å². The average Bonchev–Trinajstić information content (AvgIpc) is 3.30. The van der Waals surface area contributed by atoms with Crippen molar-refractivity contribution in [3.8, 4) is 17.6 Å². The molecule has 1 saturated heterocycles. The van der Waals surface area contributed by atoms with Crippen LogP contribution >= 0.6 is 11.3 Å². The number of hydrogen-bond acceptors (Lipinski definition) is 8. The number of carbonyl (C=O) groups is 1. The van der Waals surface area contributed by atoms with Crippen LogP contribution < -0.4 is 20.1 Å². The van der Waals surface area contributed by atoms with Crippen molar-refractivity contribution in [2.24, 2.45) is 0 Å². The topological polar surface area (TPSA) is 99.8 Å². The van der Waals surface area contributed by atoms with Gasteiger partial charge in [-0.15, -0.1) is 11.3 Å². The number of hydrogen-bond donors (Lipinski definition) is 3. The average molecular weight is 723 g/mol. The molecule has 1 fully saturated rings. The number of anilines is 2.